The molecule has 4 nitrogen and oxygen atoms in total. The maximum Gasteiger partial charge on any atom is 0.225 e. The van der Waals surface area contributed by atoms with E-state index in [4.69, 9.17) is 4.74 Å². The molecule has 1 aromatic rings. The Kier molecular flexibility index (Phi) is 4.74. The van der Waals surface area contributed by atoms with Crippen molar-refractivity contribution >= 4 is 5.91 Å². The molecule has 1 heterocycles. The van der Waals surface area contributed by atoms with Gasteiger partial charge in [-0.15, -0.1) is 0 Å². The zero-order valence-corrected chi connectivity index (χ0v) is 17.0. The van der Waals surface area contributed by atoms with E-state index in [9.17, 15) is 9.90 Å². The Balaban J connectivity index is 1.32. The number of amides is 1. The molecule has 0 aromatic heterocycles. The van der Waals surface area contributed by atoms with Crippen molar-refractivity contribution in [3.05, 3.63) is 29.3 Å². The van der Waals surface area contributed by atoms with Gasteiger partial charge in [-0.1, -0.05) is 12.1 Å². The molecule has 3 fully saturated rings. The van der Waals surface area contributed by atoms with Gasteiger partial charge in [0.2, 0.25) is 5.91 Å². The molecule has 0 atom stereocenters. The molecule has 0 unspecified atom stereocenters. The third-order valence-electron chi connectivity index (χ3n) is 7.20. The summed E-state index contributed by atoms with van der Waals surface area (Å²) >= 11 is 0. The van der Waals surface area contributed by atoms with Crippen LogP contribution in [0.4, 0.5) is 0 Å². The second kappa shape index (κ2) is 6.80. The number of hydrogen-bond donors (Lipinski definition) is 1. The van der Waals surface area contributed by atoms with E-state index in [1.807, 2.05) is 18.7 Å². The van der Waals surface area contributed by atoms with Crippen LogP contribution < -0.4 is 4.74 Å². The molecule has 1 aromatic carbocycles. The van der Waals surface area contributed by atoms with Gasteiger partial charge in [-0.3, -0.25) is 4.79 Å². The third kappa shape index (κ3) is 3.49. The summed E-state index contributed by atoms with van der Waals surface area (Å²) < 4.78 is 5.77. The van der Waals surface area contributed by atoms with E-state index in [1.54, 1.807) is 0 Å². The van der Waals surface area contributed by atoms with Crippen molar-refractivity contribution in [2.75, 3.05) is 19.7 Å². The Morgan fingerprint density at radius 1 is 1.26 bits per heavy atom. The molecule has 0 radical (unpaired) electrons. The van der Waals surface area contributed by atoms with Crippen LogP contribution >= 0.6 is 0 Å². The summed E-state index contributed by atoms with van der Waals surface area (Å²) in [5.41, 5.74) is 2.47. The molecule has 1 aliphatic heterocycles. The zero-order valence-electron chi connectivity index (χ0n) is 17.0. The maximum atomic E-state index is 12.6. The smallest absolute Gasteiger partial charge is 0.225 e. The summed E-state index contributed by atoms with van der Waals surface area (Å²) in [6, 6.07) is 6.45. The topological polar surface area (TPSA) is 49.8 Å². The van der Waals surface area contributed by atoms with Gasteiger partial charge in [0, 0.05) is 24.4 Å². The number of benzene rings is 1. The lowest BCUT2D eigenvalue weighted by Gasteiger charge is -2.55. The summed E-state index contributed by atoms with van der Waals surface area (Å²) in [6.07, 6.45) is 6.09. The van der Waals surface area contributed by atoms with E-state index in [1.165, 1.54) is 36.8 Å². The first-order valence-electron chi connectivity index (χ1n) is 10.6. The molecular weight excluding hydrogens is 338 g/mol. The lowest BCUT2D eigenvalue weighted by Crippen LogP contribution is -2.62. The van der Waals surface area contributed by atoms with Gasteiger partial charge in [0.05, 0.1) is 12.2 Å². The van der Waals surface area contributed by atoms with Gasteiger partial charge in [-0.2, -0.15) is 0 Å². The zero-order chi connectivity index (χ0) is 19.2. The SMILES string of the molecule is CCOc1cccc(C2CCC3(CC2)CN(C(=O)C2CC(C)(O)C2)C3)c1C. The predicted octanol–water partition coefficient (Wildman–Crippen LogP) is 4.04. The summed E-state index contributed by atoms with van der Waals surface area (Å²) in [4.78, 5) is 14.6. The number of carbonyl (C=O) groups is 1. The molecule has 1 N–H and O–H groups in total. The van der Waals surface area contributed by atoms with Crippen molar-refractivity contribution in [1.29, 1.82) is 0 Å². The van der Waals surface area contributed by atoms with Crippen LogP contribution in [-0.4, -0.2) is 41.2 Å². The lowest BCUT2D eigenvalue weighted by atomic mass is 9.63. The first-order valence-corrected chi connectivity index (χ1v) is 10.6. The Hall–Kier alpha value is -1.55. The van der Waals surface area contributed by atoms with Crippen LogP contribution in [-0.2, 0) is 4.79 Å². The van der Waals surface area contributed by atoms with Gasteiger partial charge in [0.15, 0.2) is 0 Å². The highest BCUT2D eigenvalue weighted by Gasteiger charge is 2.51. The van der Waals surface area contributed by atoms with Gasteiger partial charge in [-0.05, 0) is 82.4 Å². The van der Waals surface area contributed by atoms with Gasteiger partial charge < -0.3 is 14.7 Å². The highest BCUT2D eigenvalue weighted by Crippen LogP contribution is 2.50. The Labute approximate surface area is 162 Å². The number of rotatable bonds is 4. The van der Waals surface area contributed by atoms with Crippen molar-refractivity contribution in [3.8, 4) is 5.75 Å². The van der Waals surface area contributed by atoms with Crippen molar-refractivity contribution in [1.82, 2.24) is 4.90 Å². The highest BCUT2D eigenvalue weighted by molar-refractivity contribution is 5.81. The van der Waals surface area contributed by atoms with Crippen LogP contribution in [0.15, 0.2) is 18.2 Å². The van der Waals surface area contributed by atoms with Crippen molar-refractivity contribution in [3.63, 3.8) is 0 Å². The number of likely N-dealkylation sites (tertiary alicyclic amines) is 1. The van der Waals surface area contributed by atoms with Crippen LogP contribution in [0, 0.1) is 18.3 Å². The van der Waals surface area contributed by atoms with Crippen LogP contribution in [0.5, 0.6) is 5.75 Å². The van der Waals surface area contributed by atoms with E-state index in [0.29, 0.717) is 30.8 Å². The van der Waals surface area contributed by atoms with Gasteiger partial charge in [0.1, 0.15) is 5.75 Å². The van der Waals surface area contributed by atoms with Crippen molar-refractivity contribution in [2.24, 2.45) is 11.3 Å². The number of nitrogens with zero attached hydrogens (tertiary/aromatic N) is 1. The average molecular weight is 372 g/mol. The van der Waals surface area contributed by atoms with E-state index in [-0.39, 0.29) is 11.8 Å². The minimum atomic E-state index is -0.616. The first-order chi connectivity index (χ1) is 12.8. The monoisotopic (exact) mass is 371 g/mol. The van der Waals surface area contributed by atoms with Crippen LogP contribution in [0.3, 0.4) is 0 Å². The Morgan fingerprint density at radius 2 is 1.93 bits per heavy atom. The summed E-state index contributed by atoms with van der Waals surface area (Å²) in [5.74, 6) is 1.96. The average Bonchev–Trinajstić information content (AvgIpc) is 2.59. The molecule has 2 aliphatic carbocycles. The van der Waals surface area contributed by atoms with Crippen LogP contribution in [0.1, 0.15) is 69.4 Å². The molecule has 1 amide bonds. The van der Waals surface area contributed by atoms with E-state index >= 15 is 0 Å². The molecule has 3 aliphatic rings. The third-order valence-corrected chi connectivity index (χ3v) is 7.20. The summed E-state index contributed by atoms with van der Waals surface area (Å²) in [6.45, 7) is 8.60. The van der Waals surface area contributed by atoms with Gasteiger partial charge in [-0.25, -0.2) is 0 Å². The fourth-order valence-corrected chi connectivity index (χ4v) is 5.60. The van der Waals surface area contributed by atoms with Crippen LogP contribution in [0.2, 0.25) is 0 Å². The predicted molar refractivity (Wildman–Crippen MR) is 106 cm³/mol. The molecule has 2 saturated carbocycles. The van der Waals surface area contributed by atoms with Gasteiger partial charge >= 0.3 is 0 Å². The lowest BCUT2D eigenvalue weighted by molar-refractivity contribution is -0.163. The van der Waals surface area contributed by atoms with Gasteiger partial charge in [0.25, 0.3) is 0 Å². The summed E-state index contributed by atoms with van der Waals surface area (Å²) in [5, 5.41) is 9.88. The fraction of sp³-hybridized carbons (Fsp3) is 0.696. The van der Waals surface area contributed by atoms with E-state index < -0.39 is 5.60 Å². The van der Waals surface area contributed by atoms with Crippen LogP contribution in [0.25, 0.3) is 0 Å². The standard InChI is InChI=1S/C23H33NO3/c1-4-27-20-7-5-6-19(16(20)2)17-8-10-23(11-9-17)14-24(15-23)21(25)18-12-22(3,26)13-18/h5-7,17-18,26H,4,8-15H2,1-3H3. The molecular formula is C23H33NO3. The molecule has 27 heavy (non-hydrogen) atoms. The van der Waals surface area contributed by atoms with E-state index in [2.05, 4.69) is 25.1 Å². The minimum Gasteiger partial charge on any atom is -0.494 e. The molecule has 1 spiro atoms. The second-order valence-electron chi connectivity index (χ2n) is 9.47. The molecule has 4 heteroatoms. The minimum absolute atomic E-state index is 0.0534. The molecule has 4 rings (SSSR count). The quantitative estimate of drug-likeness (QED) is 0.869. The number of carbonyl (C=O) groups excluding carboxylic acids is 1. The van der Waals surface area contributed by atoms with E-state index in [0.717, 1.165) is 18.8 Å². The van der Waals surface area contributed by atoms with Crippen molar-refractivity contribution < 1.29 is 14.6 Å². The summed E-state index contributed by atoms with van der Waals surface area (Å²) in [7, 11) is 0. The molecule has 148 valence electrons. The fourth-order valence-electron chi connectivity index (χ4n) is 5.60. The first kappa shape index (κ1) is 18.8. The number of aliphatic hydroxyl groups is 1. The maximum absolute atomic E-state index is 12.6. The second-order valence-corrected chi connectivity index (χ2v) is 9.47. The Bertz CT molecular complexity index is 702. The Morgan fingerprint density at radius 3 is 2.52 bits per heavy atom. The number of ether oxygens (including phenoxy) is 1. The van der Waals surface area contributed by atoms with Crippen molar-refractivity contribution in [2.45, 2.75) is 70.8 Å². The molecule has 1 saturated heterocycles. The molecule has 0 bridgehead atoms. The largest absolute Gasteiger partial charge is 0.494 e. The normalized spacial score (nSPS) is 29.9. The highest BCUT2D eigenvalue weighted by atomic mass is 16.5. The number of hydrogen-bond acceptors (Lipinski definition) is 3.